The molecule has 0 spiro atoms. The number of aliphatic hydroxyl groups excluding tert-OH is 1. The summed E-state index contributed by atoms with van der Waals surface area (Å²) >= 11 is 0. The summed E-state index contributed by atoms with van der Waals surface area (Å²) in [4.78, 5) is 11.5. The number of amides is 1. The van der Waals surface area contributed by atoms with Gasteiger partial charge >= 0.3 is 0 Å². The summed E-state index contributed by atoms with van der Waals surface area (Å²) in [5.74, 6) is 2.08. The summed E-state index contributed by atoms with van der Waals surface area (Å²) in [6.07, 6.45) is 5.30. The molecule has 0 aliphatic carbocycles. The second-order valence-corrected chi connectivity index (χ2v) is 3.71. The molecule has 1 unspecified atom stereocenters. The number of aliphatic hydroxyl groups is 1. The first-order valence-electron chi connectivity index (χ1n) is 5.32. The van der Waals surface area contributed by atoms with E-state index >= 15 is 0 Å². The first-order valence-corrected chi connectivity index (χ1v) is 5.32. The molecule has 17 heavy (non-hydrogen) atoms. The third-order valence-corrected chi connectivity index (χ3v) is 2.32. The number of nitrogens with one attached hydrogen (secondary N) is 1. The Morgan fingerprint density at radius 2 is 2.24 bits per heavy atom. The van der Waals surface area contributed by atoms with Crippen LogP contribution in [0.1, 0.15) is 17.5 Å². The van der Waals surface area contributed by atoms with Crippen molar-refractivity contribution >= 4 is 5.91 Å². The highest BCUT2D eigenvalue weighted by atomic mass is 16.3. The van der Waals surface area contributed by atoms with Gasteiger partial charge in [0.2, 0.25) is 5.91 Å². The molecule has 1 amide bonds. The lowest BCUT2D eigenvalue weighted by Gasteiger charge is -2.10. The SMILES string of the molecule is C#CCC(N)C(=O)NCc1cccc(CO)c1. The number of nitrogens with two attached hydrogens (primary N) is 1. The van der Waals surface area contributed by atoms with Gasteiger partial charge in [-0.15, -0.1) is 12.3 Å². The molecular weight excluding hydrogens is 216 g/mol. The Hall–Kier alpha value is -1.83. The molecule has 0 saturated carbocycles. The summed E-state index contributed by atoms with van der Waals surface area (Å²) in [6.45, 7) is 0.364. The molecule has 0 heterocycles. The first kappa shape index (κ1) is 13.2. The Bertz CT molecular complexity index is 424. The van der Waals surface area contributed by atoms with E-state index in [9.17, 15) is 4.79 Å². The summed E-state index contributed by atoms with van der Waals surface area (Å²) in [5.41, 5.74) is 7.28. The minimum atomic E-state index is -0.666. The minimum absolute atomic E-state index is 0.0155. The van der Waals surface area contributed by atoms with Crippen LogP contribution in [0.5, 0.6) is 0 Å². The summed E-state index contributed by atoms with van der Waals surface area (Å²) in [6, 6.07) is 6.67. The fourth-order valence-corrected chi connectivity index (χ4v) is 1.38. The van der Waals surface area contributed by atoms with Gasteiger partial charge in [-0.25, -0.2) is 0 Å². The topological polar surface area (TPSA) is 75.4 Å². The maximum Gasteiger partial charge on any atom is 0.238 e. The number of carbonyl (C=O) groups is 1. The summed E-state index contributed by atoms with van der Waals surface area (Å²) < 4.78 is 0. The first-order chi connectivity index (χ1) is 8.17. The molecule has 0 aromatic heterocycles. The van der Waals surface area contributed by atoms with Gasteiger partial charge in [-0.2, -0.15) is 0 Å². The molecule has 0 aliphatic rings. The van der Waals surface area contributed by atoms with E-state index in [-0.39, 0.29) is 18.9 Å². The van der Waals surface area contributed by atoms with Crippen LogP contribution in [-0.2, 0) is 17.9 Å². The number of hydrogen-bond donors (Lipinski definition) is 3. The van der Waals surface area contributed by atoms with Gasteiger partial charge in [-0.3, -0.25) is 4.79 Å². The van der Waals surface area contributed by atoms with E-state index in [1.165, 1.54) is 0 Å². The fraction of sp³-hybridized carbons (Fsp3) is 0.308. The third kappa shape index (κ3) is 4.27. The smallest absolute Gasteiger partial charge is 0.238 e. The molecule has 0 fully saturated rings. The van der Waals surface area contributed by atoms with Gasteiger partial charge in [0.25, 0.3) is 0 Å². The van der Waals surface area contributed by atoms with Gasteiger partial charge in [0, 0.05) is 13.0 Å². The van der Waals surface area contributed by atoms with Gasteiger partial charge in [0.1, 0.15) is 0 Å². The maximum atomic E-state index is 11.5. The lowest BCUT2D eigenvalue weighted by atomic mass is 10.1. The van der Waals surface area contributed by atoms with Crippen LogP contribution in [0.15, 0.2) is 24.3 Å². The van der Waals surface area contributed by atoms with E-state index in [0.717, 1.165) is 11.1 Å². The number of terminal acetylenes is 1. The zero-order chi connectivity index (χ0) is 12.7. The van der Waals surface area contributed by atoms with Crippen molar-refractivity contribution in [2.24, 2.45) is 5.73 Å². The third-order valence-electron chi connectivity index (χ3n) is 2.32. The van der Waals surface area contributed by atoms with Gasteiger partial charge in [-0.1, -0.05) is 24.3 Å². The number of rotatable bonds is 5. The largest absolute Gasteiger partial charge is 0.392 e. The van der Waals surface area contributed by atoms with E-state index in [1.807, 2.05) is 24.3 Å². The van der Waals surface area contributed by atoms with Crippen molar-refractivity contribution in [3.05, 3.63) is 35.4 Å². The van der Waals surface area contributed by atoms with Crippen molar-refractivity contribution in [2.45, 2.75) is 25.6 Å². The van der Waals surface area contributed by atoms with Crippen LogP contribution in [0.2, 0.25) is 0 Å². The number of hydrogen-bond acceptors (Lipinski definition) is 3. The van der Waals surface area contributed by atoms with Crippen molar-refractivity contribution in [3.63, 3.8) is 0 Å². The van der Waals surface area contributed by atoms with E-state index in [0.29, 0.717) is 6.54 Å². The van der Waals surface area contributed by atoms with Gasteiger partial charge in [0.05, 0.1) is 12.6 Å². The predicted molar refractivity (Wildman–Crippen MR) is 65.6 cm³/mol. The molecule has 1 rings (SSSR count). The van der Waals surface area contributed by atoms with Crippen molar-refractivity contribution in [1.82, 2.24) is 5.32 Å². The Labute approximate surface area is 101 Å². The maximum absolute atomic E-state index is 11.5. The second kappa shape index (κ2) is 6.69. The van der Waals surface area contributed by atoms with Crippen molar-refractivity contribution in [1.29, 1.82) is 0 Å². The predicted octanol–water partition coefficient (Wildman–Crippen LogP) is 0.146. The average molecular weight is 232 g/mol. The molecule has 0 radical (unpaired) electrons. The van der Waals surface area contributed by atoms with Crippen LogP contribution in [-0.4, -0.2) is 17.1 Å². The van der Waals surface area contributed by atoms with E-state index in [1.54, 1.807) is 0 Å². The van der Waals surface area contributed by atoms with E-state index in [4.69, 9.17) is 17.3 Å². The molecule has 4 nitrogen and oxygen atoms in total. The van der Waals surface area contributed by atoms with Crippen LogP contribution in [0, 0.1) is 12.3 Å². The normalized spacial score (nSPS) is 11.6. The molecule has 0 saturated heterocycles. The van der Waals surface area contributed by atoms with Gasteiger partial charge < -0.3 is 16.2 Å². The monoisotopic (exact) mass is 232 g/mol. The number of carbonyl (C=O) groups excluding carboxylic acids is 1. The van der Waals surface area contributed by atoms with E-state index < -0.39 is 6.04 Å². The highest BCUT2D eigenvalue weighted by Gasteiger charge is 2.10. The van der Waals surface area contributed by atoms with Crippen LogP contribution < -0.4 is 11.1 Å². The molecule has 90 valence electrons. The van der Waals surface area contributed by atoms with Crippen LogP contribution in [0.4, 0.5) is 0 Å². The Morgan fingerprint density at radius 3 is 2.88 bits per heavy atom. The van der Waals surface area contributed by atoms with Crippen LogP contribution >= 0.6 is 0 Å². The Morgan fingerprint density at radius 1 is 1.53 bits per heavy atom. The molecule has 0 aliphatic heterocycles. The minimum Gasteiger partial charge on any atom is -0.392 e. The van der Waals surface area contributed by atoms with Gasteiger partial charge in [-0.05, 0) is 11.1 Å². The fourth-order valence-electron chi connectivity index (χ4n) is 1.38. The van der Waals surface area contributed by atoms with Gasteiger partial charge in [0.15, 0.2) is 0 Å². The van der Waals surface area contributed by atoms with Crippen LogP contribution in [0.25, 0.3) is 0 Å². The molecule has 1 aromatic rings. The molecule has 4 heteroatoms. The van der Waals surface area contributed by atoms with Crippen molar-refractivity contribution in [3.8, 4) is 12.3 Å². The second-order valence-electron chi connectivity index (χ2n) is 3.71. The standard InChI is InChI=1S/C13H16N2O2/c1-2-4-12(14)13(17)15-8-10-5-3-6-11(7-10)9-16/h1,3,5-7,12,16H,4,8-9,14H2,(H,15,17). The molecule has 0 bridgehead atoms. The quantitative estimate of drug-likeness (QED) is 0.632. The highest BCUT2D eigenvalue weighted by molar-refractivity contribution is 5.81. The molecule has 1 atom stereocenters. The molecule has 1 aromatic carbocycles. The zero-order valence-electron chi connectivity index (χ0n) is 9.52. The Balaban J connectivity index is 2.50. The van der Waals surface area contributed by atoms with Crippen molar-refractivity contribution < 1.29 is 9.90 Å². The lowest BCUT2D eigenvalue weighted by molar-refractivity contribution is -0.122. The molecule has 4 N–H and O–H groups in total. The van der Waals surface area contributed by atoms with Crippen LogP contribution in [0.3, 0.4) is 0 Å². The summed E-state index contributed by atoms with van der Waals surface area (Å²) in [5, 5.41) is 11.7. The summed E-state index contributed by atoms with van der Waals surface area (Å²) in [7, 11) is 0. The Kier molecular flexibility index (Phi) is 5.21. The lowest BCUT2D eigenvalue weighted by Crippen LogP contribution is -2.39. The van der Waals surface area contributed by atoms with Crippen molar-refractivity contribution in [2.75, 3.05) is 0 Å². The number of benzene rings is 1. The highest BCUT2D eigenvalue weighted by Crippen LogP contribution is 2.04. The zero-order valence-corrected chi connectivity index (χ0v) is 9.52. The molecular formula is C13H16N2O2. The average Bonchev–Trinajstić information content (AvgIpc) is 2.36. The van der Waals surface area contributed by atoms with E-state index in [2.05, 4.69) is 11.2 Å².